The van der Waals surface area contributed by atoms with E-state index in [-0.39, 0.29) is 12.4 Å². The van der Waals surface area contributed by atoms with Crippen molar-refractivity contribution in [1.82, 2.24) is 5.06 Å². The number of primary amides is 1. The van der Waals surface area contributed by atoms with E-state index in [0.29, 0.717) is 5.06 Å². The van der Waals surface area contributed by atoms with Crippen molar-refractivity contribution in [2.45, 2.75) is 25.9 Å². The minimum atomic E-state index is -0.870. The lowest BCUT2D eigenvalue weighted by Crippen LogP contribution is -2.32. The second kappa shape index (κ2) is 6.88. The first kappa shape index (κ1) is 16.3. The summed E-state index contributed by atoms with van der Waals surface area (Å²) in [6.07, 6.45) is 1.97. The monoisotopic (exact) mass is 329 g/mol. The molecule has 2 aromatic carbocycles. The van der Waals surface area contributed by atoms with Gasteiger partial charge in [-0.05, 0) is 47.7 Å². The average Bonchev–Trinajstić information content (AvgIpc) is 2.57. The largest absolute Gasteiger partial charge is 0.367 e. The summed E-state index contributed by atoms with van der Waals surface area (Å²) in [5, 5.41) is 9.97. The molecular weight excluding hydrogens is 309 g/mol. The normalized spacial score (nSPS) is 13.5. The highest BCUT2D eigenvalue weighted by molar-refractivity contribution is 5.70. The van der Waals surface area contributed by atoms with Crippen LogP contribution in [0.15, 0.2) is 42.5 Å². The van der Waals surface area contributed by atoms with Gasteiger partial charge in [0.1, 0.15) is 5.82 Å². The molecule has 0 aliphatic carbocycles. The number of urea groups is 1. The van der Waals surface area contributed by atoms with Gasteiger partial charge in [0.15, 0.2) is 0 Å². The number of nitrogens with two attached hydrogens (primary N) is 1. The van der Waals surface area contributed by atoms with Crippen LogP contribution in [0.25, 0.3) is 0 Å². The van der Waals surface area contributed by atoms with Crippen LogP contribution < -0.4 is 10.6 Å². The molecule has 0 saturated heterocycles. The molecule has 3 N–H and O–H groups in total. The molecule has 0 saturated carbocycles. The Labute approximate surface area is 140 Å². The topological polar surface area (TPSA) is 69.8 Å². The van der Waals surface area contributed by atoms with Crippen LogP contribution in [-0.2, 0) is 19.5 Å². The minimum Gasteiger partial charge on any atom is -0.367 e. The third-order valence-corrected chi connectivity index (χ3v) is 4.23. The summed E-state index contributed by atoms with van der Waals surface area (Å²) < 4.78 is 13.0. The van der Waals surface area contributed by atoms with E-state index >= 15 is 0 Å². The molecule has 0 spiro atoms. The molecule has 1 aliphatic heterocycles. The standard InChI is InChI=1S/C18H20FN3O2/c19-16-6-3-13(4-7-16)11-21-9-1-2-15-10-14(5-8-17(15)21)12-22(24)18(20)23/h3-8,10,24H,1-2,9,11-12H2,(H2,20,23). The van der Waals surface area contributed by atoms with Crippen LogP contribution in [0.4, 0.5) is 14.9 Å². The van der Waals surface area contributed by atoms with Gasteiger partial charge >= 0.3 is 6.03 Å². The van der Waals surface area contributed by atoms with Crippen molar-refractivity contribution in [3.63, 3.8) is 0 Å². The molecule has 0 aromatic heterocycles. The Morgan fingerprint density at radius 2 is 1.92 bits per heavy atom. The lowest BCUT2D eigenvalue weighted by molar-refractivity contribution is -0.0470. The van der Waals surface area contributed by atoms with Gasteiger partial charge in [0, 0.05) is 18.8 Å². The Balaban J connectivity index is 1.77. The van der Waals surface area contributed by atoms with Gasteiger partial charge in [-0.2, -0.15) is 0 Å². The molecule has 3 rings (SSSR count). The number of fused-ring (bicyclic) bond motifs is 1. The number of hydrogen-bond donors (Lipinski definition) is 2. The maximum atomic E-state index is 13.0. The number of carbonyl (C=O) groups excluding carboxylic acids is 1. The van der Waals surface area contributed by atoms with Crippen LogP contribution in [0, 0.1) is 5.82 Å². The molecule has 126 valence electrons. The summed E-state index contributed by atoms with van der Waals surface area (Å²) in [5.41, 5.74) is 9.25. The molecule has 2 amide bonds. The second-order valence-electron chi connectivity index (χ2n) is 6.01. The Bertz CT molecular complexity index is 734. The number of hydrogen-bond acceptors (Lipinski definition) is 3. The Morgan fingerprint density at radius 1 is 1.21 bits per heavy atom. The molecular formula is C18H20FN3O2. The SMILES string of the molecule is NC(=O)N(O)Cc1ccc2c(c1)CCCN2Cc1ccc(F)cc1. The van der Waals surface area contributed by atoms with E-state index < -0.39 is 6.03 Å². The zero-order valence-electron chi connectivity index (χ0n) is 13.3. The number of carbonyl (C=O) groups is 1. The Kier molecular flexibility index (Phi) is 4.66. The number of rotatable bonds is 4. The first-order valence-electron chi connectivity index (χ1n) is 7.90. The van der Waals surface area contributed by atoms with Gasteiger partial charge in [0.05, 0.1) is 6.54 Å². The van der Waals surface area contributed by atoms with Gasteiger partial charge in [-0.15, -0.1) is 0 Å². The first-order chi connectivity index (χ1) is 11.5. The molecule has 0 fully saturated rings. The summed E-state index contributed by atoms with van der Waals surface area (Å²) in [4.78, 5) is 13.2. The van der Waals surface area contributed by atoms with Crippen molar-refractivity contribution in [2.75, 3.05) is 11.4 Å². The van der Waals surface area contributed by atoms with Gasteiger partial charge in [-0.3, -0.25) is 5.21 Å². The fraction of sp³-hybridized carbons (Fsp3) is 0.278. The molecule has 0 radical (unpaired) electrons. The third kappa shape index (κ3) is 3.65. The average molecular weight is 329 g/mol. The maximum Gasteiger partial charge on any atom is 0.338 e. The predicted molar refractivity (Wildman–Crippen MR) is 89.1 cm³/mol. The van der Waals surface area contributed by atoms with Crippen LogP contribution in [0.1, 0.15) is 23.1 Å². The first-order valence-corrected chi connectivity index (χ1v) is 7.90. The predicted octanol–water partition coefficient (Wildman–Crippen LogP) is 3.05. The summed E-state index contributed by atoms with van der Waals surface area (Å²) >= 11 is 0. The summed E-state index contributed by atoms with van der Waals surface area (Å²) in [6.45, 7) is 1.73. The van der Waals surface area contributed by atoms with Crippen molar-refractivity contribution in [3.05, 3.63) is 65.0 Å². The zero-order valence-corrected chi connectivity index (χ0v) is 13.3. The number of nitrogens with zero attached hydrogens (tertiary/aromatic N) is 2. The lowest BCUT2D eigenvalue weighted by atomic mass is 9.98. The van der Waals surface area contributed by atoms with Crippen LogP contribution in [0.5, 0.6) is 0 Å². The highest BCUT2D eigenvalue weighted by Crippen LogP contribution is 2.29. The van der Waals surface area contributed by atoms with Crippen molar-refractivity contribution >= 4 is 11.7 Å². The fourth-order valence-corrected chi connectivity index (χ4v) is 3.05. The molecule has 0 bridgehead atoms. The summed E-state index contributed by atoms with van der Waals surface area (Å²) in [7, 11) is 0. The van der Waals surface area contributed by atoms with Gasteiger partial charge in [-0.1, -0.05) is 24.3 Å². The molecule has 0 atom stereocenters. The molecule has 0 unspecified atom stereocenters. The summed E-state index contributed by atoms with van der Waals surface area (Å²) in [6, 6.07) is 11.6. The number of amides is 2. The second-order valence-corrected chi connectivity index (χ2v) is 6.01. The van der Waals surface area contributed by atoms with E-state index in [1.54, 1.807) is 12.1 Å². The van der Waals surface area contributed by atoms with Crippen LogP contribution in [-0.4, -0.2) is 22.8 Å². The Hall–Kier alpha value is -2.60. The number of anilines is 1. The quantitative estimate of drug-likeness (QED) is 0.669. The van der Waals surface area contributed by atoms with Gasteiger partial charge in [0.2, 0.25) is 0 Å². The van der Waals surface area contributed by atoms with E-state index in [4.69, 9.17) is 5.73 Å². The van der Waals surface area contributed by atoms with Crippen molar-refractivity contribution in [2.24, 2.45) is 5.73 Å². The highest BCUT2D eigenvalue weighted by Gasteiger charge is 2.18. The maximum absolute atomic E-state index is 13.0. The van der Waals surface area contributed by atoms with Gasteiger partial charge < -0.3 is 10.6 Å². The van der Waals surface area contributed by atoms with Crippen LogP contribution in [0.2, 0.25) is 0 Å². The molecule has 5 nitrogen and oxygen atoms in total. The minimum absolute atomic E-state index is 0.0700. The number of hydroxylamine groups is 2. The van der Waals surface area contributed by atoms with E-state index in [1.165, 1.54) is 17.7 Å². The van der Waals surface area contributed by atoms with E-state index in [9.17, 15) is 14.4 Å². The lowest BCUT2D eigenvalue weighted by Gasteiger charge is -2.32. The smallest absolute Gasteiger partial charge is 0.338 e. The third-order valence-electron chi connectivity index (χ3n) is 4.23. The van der Waals surface area contributed by atoms with E-state index in [0.717, 1.165) is 42.7 Å². The van der Waals surface area contributed by atoms with E-state index in [1.807, 2.05) is 18.2 Å². The fourth-order valence-electron chi connectivity index (χ4n) is 3.05. The molecule has 6 heteroatoms. The van der Waals surface area contributed by atoms with E-state index in [2.05, 4.69) is 4.90 Å². The van der Waals surface area contributed by atoms with Crippen molar-refractivity contribution < 1.29 is 14.4 Å². The van der Waals surface area contributed by atoms with Crippen molar-refractivity contribution in [1.29, 1.82) is 0 Å². The van der Waals surface area contributed by atoms with Crippen LogP contribution >= 0.6 is 0 Å². The zero-order chi connectivity index (χ0) is 17.1. The van der Waals surface area contributed by atoms with Crippen LogP contribution in [0.3, 0.4) is 0 Å². The van der Waals surface area contributed by atoms with Crippen molar-refractivity contribution in [3.8, 4) is 0 Å². The number of benzene rings is 2. The highest BCUT2D eigenvalue weighted by atomic mass is 19.1. The summed E-state index contributed by atoms with van der Waals surface area (Å²) in [5.74, 6) is -0.231. The number of aryl methyl sites for hydroxylation is 1. The molecule has 24 heavy (non-hydrogen) atoms. The molecule has 1 aliphatic rings. The van der Waals surface area contributed by atoms with Gasteiger partial charge in [-0.25, -0.2) is 14.2 Å². The molecule has 2 aromatic rings. The Morgan fingerprint density at radius 3 is 2.62 bits per heavy atom. The molecule has 1 heterocycles. The number of halogens is 1. The van der Waals surface area contributed by atoms with Gasteiger partial charge in [0.25, 0.3) is 0 Å².